The molecule has 2 rings (SSSR count). The highest BCUT2D eigenvalue weighted by Gasteiger charge is 2.14. The Morgan fingerprint density at radius 3 is 2.60 bits per heavy atom. The molecule has 1 amide bonds. The van der Waals surface area contributed by atoms with Crippen LogP contribution < -0.4 is 4.74 Å². The van der Waals surface area contributed by atoms with Gasteiger partial charge in [0.1, 0.15) is 5.75 Å². The first kappa shape index (κ1) is 19.0. The van der Waals surface area contributed by atoms with Crippen LogP contribution in [0, 0.1) is 10.1 Å². The molecular formula is C17H17ClN2O4S. The van der Waals surface area contributed by atoms with Gasteiger partial charge in [0.05, 0.1) is 28.8 Å². The second kappa shape index (κ2) is 9.19. The van der Waals surface area contributed by atoms with E-state index in [1.807, 2.05) is 6.07 Å². The maximum absolute atomic E-state index is 12.4. The number of thiophene rings is 1. The Balaban J connectivity index is 1.85. The first-order valence-corrected chi connectivity index (χ1v) is 8.69. The Morgan fingerprint density at radius 2 is 2.04 bits per heavy atom. The number of non-ortho nitro benzene ring substituents is 1. The molecule has 0 aliphatic carbocycles. The molecule has 1 aromatic carbocycles. The molecule has 0 saturated heterocycles. The largest absolute Gasteiger partial charge is 0.493 e. The molecule has 6 nitrogen and oxygen atoms in total. The van der Waals surface area contributed by atoms with Crippen molar-refractivity contribution in [2.24, 2.45) is 0 Å². The summed E-state index contributed by atoms with van der Waals surface area (Å²) in [6.07, 6.45) is 1.87. The number of benzene rings is 1. The van der Waals surface area contributed by atoms with Crippen LogP contribution in [0.5, 0.6) is 5.75 Å². The van der Waals surface area contributed by atoms with Crippen molar-refractivity contribution in [1.29, 1.82) is 0 Å². The fraction of sp³-hybridized carbons (Fsp3) is 0.235. The normalized spacial score (nSPS) is 10.3. The van der Waals surface area contributed by atoms with Crippen molar-refractivity contribution < 1.29 is 14.5 Å². The lowest BCUT2D eigenvalue weighted by Gasteiger charge is -2.20. The van der Waals surface area contributed by atoms with Crippen molar-refractivity contribution in [2.45, 2.75) is 13.0 Å². The topological polar surface area (TPSA) is 72.7 Å². The predicted octanol–water partition coefficient (Wildman–Crippen LogP) is 4.29. The van der Waals surface area contributed by atoms with Crippen LogP contribution in [-0.4, -0.2) is 28.9 Å². The van der Waals surface area contributed by atoms with Gasteiger partial charge in [-0.15, -0.1) is 17.9 Å². The molecule has 1 aromatic heterocycles. The molecule has 0 bridgehead atoms. The van der Waals surface area contributed by atoms with Gasteiger partial charge in [0.25, 0.3) is 5.69 Å². The zero-order valence-corrected chi connectivity index (χ0v) is 15.0. The number of nitro benzene ring substituents is 1. The average Bonchev–Trinajstić information content (AvgIpc) is 3.00. The van der Waals surface area contributed by atoms with Crippen LogP contribution in [0.2, 0.25) is 4.34 Å². The standard InChI is InChI=1S/C17H17ClN2O4S/c1-2-10-19(12-15-7-8-16(18)25-15)17(21)9-11-24-14-5-3-13(4-6-14)20(22)23/h2-8H,1,9-12H2. The highest BCUT2D eigenvalue weighted by molar-refractivity contribution is 7.16. The number of ether oxygens (including phenoxy) is 1. The van der Waals surface area contributed by atoms with Crippen LogP contribution in [0.1, 0.15) is 11.3 Å². The smallest absolute Gasteiger partial charge is 0.269 e. The van der Waals surface area contributed by atoms with Crippen molar-refractivity contribution in [1.82, 2.24) is 4.90 Å². The number of carbonyl (C=O) groups is 1. The molecule has 0 aliphatic rings. The van der Waals surface area contributed by atoms with Gasteiger partial charge in [-0.3, -0.25) is 14.9 Å². The molecule has 132 valence electrons. The molecule has 0 aliphatic heterocycles. The van der Waals surface area contributed by atoms with Gasteiger partial charge >= 0.3 is 0 Å². The molecule has 0 unspecified atom stereocenters. The highest BCUT2D eigenvalue weighted by atomic mass is 35.5. The summed E-state index contributed by atoms with van der Waals surface area (Å²) in [6, 6.07) is 9.44. The number of halogens is 1. The van der Waals surface area contributed by atoms with E-state index in [4.69, 9.17) is 16.3 Å². The Bertz CT molecular complexity index is 745. The predicted molar refractivity (Wildman–Crippen MR) is 98.2 cm³/mol. The van der Waals surface area contributed by atoms with Crippen molar-refractivity contribution in [3.63, 3.8) is 0 Å². The fourth-order valence-electron chi connectivity index (χ4n) is 2.11. The third-order valence-electron chi connectivity index (χ3n) is 3.31. The van der Waals surface area contributed by atoms with Crippen LogP contribution >= 0.6 is 22.9 Å². The molecule has 0 N–H and O–H groups in total. The summed E-state index contributed by atoms with van der Waals surface area (Å²) in [6.45, 7) is 4.78. The van der Waals surface area contributed by atoms with E-state index in [9.17, 15) is 14.9 Å². The van der Waals surface area contributed by atoms with E-state index in [0.717, 1.165) is 4.88 Å². The Labute approximate surface area is 154 Å². The van der Waals surface area contributed by atoms with E-state index >= 15 is 0 Å². The third kappa shape index (κ3) is 5.88. The van der Waals surface area contributed by atoms with Gasteiger partial charge in [-0.1, -0.05) is 17.7 Å². The quantitative estimate of drug-likeness (QED) is 0.369. The number of hydrogen-bond acceptors (Lipinski definition) is 5. The Hall–Kier alpha value is -2.38. The maximum Gasteiger partial charge on any atom is 0.269 e. The molecular weight excluding hydrogens is 364 g/mol. The van der Waals surface area contributed by atoms with E-state index in [0.29, 0.717) is 23.2 Å². The van der Waals surface area contributed by atoms with Crippen LogP contribution in [0.3, 0.4) is 0 Å². The molecule has 2 aromatic rings. The van der Waals surface area contributed by atoms with Crippen molar-refractivity contribution in [3.8, 4) is 5.75 Å². The highest BCUT2D eigenvalue weighted by Crippen LogP contribution is 2.23. The van der Waals surface area contributed by atoms with Gasteiger partial charge in [-0.2, -0.15) is 0 Å². The molecule has 0 spiro atoms. The number of rotatable bonds is 9. The van der Waals surface area contributed by atoms with Gasteiger partial charge in [-0.05, 0) is 24.3 Å². The summed E-state index contributed by atoms with van der Waals surface area (Å²) in [5.74, 6) is 0.421. The summed E-state index contributed by atoms with van der Waals surface area (Å²) in [4.78, 5) is 25.2. The first-order valence-electron chi connectivity index (χ1n) is 7.49. The van der Waals surface area contributed by atoms with E-state index in [-0.39, 0.29) is 24.6 Å². The number of nitro groups is 1. The second-order valence-electron chi connectivity index (χ2n) is 5.12. The second-order valence-corrected chi connectivity index (χ2v) is 6.92. The minimum absolute atomic E-state index is 0.00445. The molecule has 0 fully saturated rings. The monoisotopic (exact) mass is 380 g/mol. The first-order chi connectivity index (χ1) is 12.0. The summed E-state index contributed by atoms with van der Waals surface area (Å²) >= 11 is 7.35. The lowest BCUT2D eigenvalue weighted by Crippen LogP contribution is -2.31. The third-order valence-corrected chi connectivity index (χ3v) is 4.53. The molecule has 1 heterocycles. The summed E-state index contributed by atoms with van der Waals surface area (Å²) in [5.41, 5.74) is -0.00445. The van der Waals surface area contributed by atoms with E-state index in [2.05, 4.69) is 6.58 Å². The summed E-state index contributed by atoms with van der Waals surface area (Å²) < 4.78 is 6.16. The van der Waals surface area contributed by atoms with Crippen molar-refractivity contribution >= 4 is 34.5 Å². The summed E-state index contributed by atoms with van der Waals surface area (Å²) in [5, 5.41) is 10.6. The Kier molecular flexibility index (Phi) is 6.97. The zero-order chi connectivity index (χ0) is 18.2. The fourth-order valence-corrected chi connectivity index (χ4v) is 3.22. The summed E-state index contributed by atoms with van der Waals surface area (Å²) in [7, 11) is 0. The van der Waals surface area contributed by atoms with Crippen molar-refractivity contribution in [3.05, 3.63) is 68.4 Å². The molecule has 0 atom stereocenters. The zero-order valence-electron chi connectivity index (χ0n) is 13.4. The number of nitrogens with zero attached hydrogens (tertiary/aromatic N) is 2. The molecule has 0 radical (unpaired) electrons. The van der Waals surface area contributed by atoms with Gasteiger partial charge in [-0.25, -0.2) is 0 Å². The van der Waals surface area contributed by atoms with Crippen LogP contribution in [0.25, 0.3) is 0 Å². The number of amides is 1. The van der Waals surface area contributed by atoms with E-state index < -0.39 is 4.92 Å². The van der Waals surface area contributed by atoms with Gasteiger partial charge in [0.15, 0.2) is 0 Å². The van der Waals surface area contributed by atoms with Gasteiger partial charge in [0.2, 0.25) is 5.91 Å². The van der Waals surface area contributed by atoms with E-state index in [1.165, 1.54) is 35.6 Å². The van der Waals surface area contributed by atoms with Crippen LogP contribution in [-0.2, 0) is 11.3 Å². The lowest BCUT2D eigenvalue weighted by atomic mass is 10.3. The Morgan fingerprint density at radius 1 is 1.32 bits per heavy atom. The molecule has 0 saturated carbocycles. The van der Waals surface area contributed by atoms with Crippen LogP contribution in [0.4, 0.5) is 5.69 Å². The van der Waals surface area contributed by atoms with Crippen LogP contribution in [0.15, 0.2) is 49.1 Å². The minimum Gasteiger partial charge on any atom is -0.493 e. The maximum atomic E-state index is 12.4. The lowest BCUT2D eigenvalue weighted by molar-refractivity contribution is -0.384. The van der Waals surface area contributed by atoms with E-state index in [1.54, 1.807) is 17.0 Å². The van der Waals surface area contributed by atoms with Crippen molar-refractivity contribution in [2.75, 3.05) is 13.2 Å². The average molecular weight is 381 g/mol. The number of hydrogen-bond donors (Lipinski definition) is 0. The SMILES string of the molecule is C=CCN(Cc1ccc(Cl)s1)C(=O)CCOc1ccc([N+](=O)[O-])cc1. The number of carbonyl (C=O) groups excluding carboxylic acids is 1. The van der Waals surface area contributed by atoms with Gasteiger partial charge < -0.3 is 9.64 Å². The molecule has 8 heteroatoms. The van der Waals surface area contributed by atoms with Gasteiger partial charge in [0, 0.05) is 23.6 Å². The minimum atomic E-state index is -0.475. The molecule has 25 heavy (non-hydrogen) atoms.